The lowest BCUT2D eigenvalue weighted by atomic mass is 10.0. The van der Waals surface area contributed by atoms with Gasteiger partial charge in [0.15, 0.2) is 0 Å². The number of amides is 1. The van der Waals surface area contributed by atoms with Gasteiger partial charge in [0.25, 0.3) is 0 Å². The summed E-state index contributed by atoms with van der Waals surface area (Å²) in [7, 11) is 2.06. The van der Waals surface area contributed by atoms with E-state index in [4.69, 9.17) is 4.74 Å². The lowest BCUT2D eigenvalue weighted by Crippen LogP contribution is -2.52. The molecule has 0 aromatic rings. The summed E-state index contributed by atoms with van der Waals surface area (Å²) in [6.07, 6.45) is 3.43. The van der Waals surface area contributed by atoms with E-state index in [1.807, 2.05) is 4.90 Å². The molecule has 0 aliphatic carbocycles. The van der Waals surface area contributed by atoms with E-state index in [1.165, 1.54) is 12.8 Å². The normalized spacial score (nSPS) is 29.1. The van der Waals surface area contributed by atoms with Gasteiger partial charge in [-0.05, 0) is 26.4 Å². The van der Waals surface area contributed by atoms with E-state index in [2.05, 4.69) is 11.9 Å². The zero-order chi connectivity index (χ0) is 10.7. The van der Waals surface area contributed by atoms with E-state index in [9.17, 15) is 4.79 Å². The van der Waals surface area contributed by atoms with Gasteiger partial charge >= 0.3 is 0 Å². The highest BCUT2D eigenvalue weighted by Crippen LogP contribution is 2.17. The maximum Gasteiger partial charge on any atom is 0.240 e. The van der Waals surface area contributed by atoms with Crippen LogP contribution in [-0.2, 0) is 9.53 Å². The van der Waals surface area contributed by atoms with Gasteiger partial charge in [-0.15, -0.1) is 0 Å². The van der Waals surface area contributed by atoms with Crippen molar-refractivity contribution in [1.29, 1.82) is 0 Å². The Morgan fingerprint density at radius 3 is 2.60 bits per heavy atom. The van der Waals surface area contributed by atoms with Gasteiger partial charge in [-0.3, -0.25) is 9.69 Å². The minimum absolute atomic E-state index is 0.122. The van der Waals surface area contributed by atoms with Crippen LogP contribution in [0.5, 0.6) is 0 Å². The van der Waals surface area contributed by atoms with E-state index in [0.29, 0.717) is 19.1 Å². The van der Waals surface area contributed by atoms with E-state index in [0.717, 1.165) is 26.1 Å². The predicted molar refractivity (Wildman–Crippen MR) is 57.7 cm³/mol. The maximum atomic E-state index is 12.2. The third kappa shape index (κ3) is 2.49. The highest BCUT2D eigenvalue weighted by atomic mass is 16.5. The van der Waals surface area contributed by atoms with Crippen molar-refractivity contribution in [3.63, 3.8) is 0 Å². The fourth-order valence-corrected chi connectivity index (χ4v) is 2.38. The molecule has 1 unspecified atom stereocenters. The van der Waals surface area contributed by atoms with Crippen molar-refractivity contribution >= 4 is 5.91 Å². The van der Waals surface area contributed by atoms with Crippen LogP contribution in [0.4, 0.5) is 0 Å². The molecule has 2 aliphatic rings. The molecule has 15 heavy (non-hydrogen) atoms. The summed E-state index contributed by atoms with van der Waals surface area (Å²) in [6.45, 7) is 3.98. The van der Waals surface area contributed by atoms with Crippen LogP contribution < -0.4 is 0 Å². The molecule has 0 aromatic carbocycles. The second-order valence-corrected chi connectivity index (χ2v) is 4.43. The molecule has 2 saturated heterocycles. The Kier molecular flexibility index (Phi) is 3.59. The first-order valence-electron chi connectivity index (χ1n) is 5.86. The second kappa shape index (κ2) is 4.94. The first-order chi connectivity index (χ1) is 7.29. The van der Waals surface area contributed by atoms with E-state index in [-0.39, 0.29) is 6.04 Å². The molecule has 1 amide bonds. The highest BCUT2D eigenvalue weighted by Gasteiger charge is 2.30. The van der Waals surface area contributed by atoms with Gasteiger partial charge in [-0.1, -0.05) is 6.42 Å². The summed E-state index contributed by atoms with van der Waals surface area (Å²) >= 11 is 0. The third-order valence-corrected chi connectivity index (χ3v) is 3.38. The molecule has 0 radical (unpaired) electrons. The van der Waals surface area contributed by atoms with Gasteiger partial charge in [-0.25, -0.2) is 0 Å². The van der Waals surface area contributed by atoms with Crippen molar-refractivity contribution in [2.75, 3.05) is 39.9 Å². The molecule has 2 rings (SSSR count). The topological polar surface area (TPSA) is 32.8 Å². The Balaban J connectivity index is 1.92. The number of hydrogen-bond acceptors (Lipinski definition) is 3. The number of likely N-dealkylation sites (tertiary alicyclic amines) is 1. The summed E-state index contributed by atoms with van der Waals surface area (Å²) in [5, 5.41) is 0. The summed E-state index contributed by atoms with van der Waals surface area (Å²) < 4.78 is 5.26. The number of nitrogens with zero attached hydrogens (tertiary/aromatic N) is 2. The Bertz CT molecular complexity index is 227. The SMILES string of the molecule is CN1CCCCC1C(=O)N1CCOCC1. The number of hydrogen-bond donors (Lipinski definition) is 0. The number of ether oxygens (including phenoxy) is 1. The van der Waals surface area contributed by atoms with Gasteiger partial charge in [0.2, 0.25) is 5.91 Å². The lowest BCUT2D eigenvalue weighted by molar-refractivity contribution is -0.141. The Morgan fingerprint density at radius 1 is 1.20 bits per heavy atom. The average Bonchev–Trinajstić information content (AvgIpc) is 2.30. The molecule has 2 heterocycles. The van der Waals surface area contributed by atoms with Gasteiger partial charge < -0.3 is 9.64 Å². The molecule has 86 valence electrons. The average molecular weight is 212 g/mol. The van der Waals surface area contributed by atoms with Gasteiger partial charge in [0.1, 0.15) is 0 Å². The molecule has 2 fully saturated rings. The number of carbonyl (C=O) groups excluding carboxylic acids is 1. The highest BCUT2D eigenvalue weighted by molar-refractivity contribution is 5.82. The molecule has 0 saturated carbocycles. The van der Waals surface area contributed by atoms with Crippen LogP contribution in [0.2, 0.25) is 0 Å². The van der Waals surface area contributed by atoms with Crippen molar-refractivity contribution < 1.29 is 9.53 Å². The summed E-state index contributed by atoms with van der Waals surface area (Å²) in [6, 6.07) is 0.122. The van der Waals surface area contributed by atoms with Crippen LogP contribution >= 0.6 is 0 Å². The smallest absolute Gasteiger partial charge is 0.240 e. The molecule has 0 aromatic heterocycles. The van der Waals surface area contributed by atoms with Gasteiger partial charge in [-0.2, -0.15) is 0 Å². The van der Waals surface area contributed by atoms with Gasteiger partial charge in [0, 0.05) is 13.1 Å². The molecular formula is C11H20N2O2. The van der Waals surface area contributed by atoms with Crippen molar-refractivity contribution in [1.82, 2.24) is 9.80 Å². The summed E-state index contributed by atoms with van der Waals surface area (Å²) in [4.78, 5) is 16.3. The summed E-state index contributed by atoms with van der Waals surface area (Å²) in [5.74, 6) is 0.306. The van der Waals surface area contributed by atoms with Crippen molar-refractivity contribution in [2.24, 2.45) is 0 Å². The van der Waals surface area contributed by atoms with Crippen LogP contribution in [-0.4, -0.2) is 61.6 Å². The largest absolute Gasteiger partial charge is 0.378 e. The Labute approximate surface area is 91.2 Å². The second-order valence-electron chi connectivity index (χ2n) is 4.43. The fourth-order valence-electron chi connectivity index (χ4n) is 2.38. The first-order valence-corrected chi connectivity index (χ1v) is 5.86. The number of likely N-dealkylation sites (N-methyl/N-ethyl adjacent to an activating group) is 1. The number of rotatable bonds is 1. The molecule has 0 N–H and O–H groups in total. The quantitative estimate of drug-likeness (QED) is 0.628. The van der Waals surface area contributed by atoms with Crippen LogP contribution in [0.3, 0.4) is 0 Å². The molecule has 0 spiro atoms. The zero-order valence-corrected chi connectivity index (χ0v) is 9.45. The van der Waals surface area contributed by atoms with Crippen LogP contribution in [0.15, 0.2) is 0 Å². The molecular weight excluding hydrogens is 192 g/mol. The zero-order valence-electron chi connectivity index (χ0n) is 9.45. The first kappa shape index (κ1) is 10.9. The van der Waals surface area contributed by atoms with Crippen molar-refractivity contribution in [3.8, 4) is 0 Å². The minimum Gasteiger partial charge on any atom is -0.378 e. The maximum absolute atomic E-state index is 12.2. The molecule has 0 bridgehead atoms. The third-order valence-electron chi connectivity index (χ3n) is 3.38. The predicted octanol–water partition coefficient (Wildman–Crippen LogP) is 0.329. The number of piperidine rings is 1. The van der Waals surface area contributed by atoms with E-state index >= 15 is 0 Å². The van der Waals surface area contributed by atoms with Crippen molar-refractivity contribution in [2.45, 2.75) is 25.3 Å². The molecule has 2 aliphatic heterocycles. The Morgan fingerprint density at radius 2 is 1.93 bits per heavy atom. The number of morpholine rings is 1. The van der Waals surface area contributed by atoms with Gasteiger partial charge in [0.05, 0.1) is 19.3 Å². The molecule has 4 nitrogen and oxygen atoms in total. The minimum atomic E-state index is 0.122. The number of carbonyl (C=O) groups is 1. The van der Waals surface area contributed by atoms with E-state index < -0.39 is 0 Å². The van der Waals surface area contributed by atoms with Crippen LogP contribution in [0.1, 0.15) is 19.3 Å². The monoisotopic (exact) mass is 212 g/mol. The van der Waals surface area contributed by atoms with Crippen LogP contribution in [0, 0.1) is 0 Å². The molecule has 1 atom stereocenters. The van der Waals surface area contributed by atoms with Crippen molar-refractivity contribution in [3.05, 3.63) is 0 Å². The Hall–Kier alpha value is -0.610. The standard InChI is InChI=1S/C11H20N2O2/c1-12-5-3-2-4-10(12)11(14)13-6-8-15-9-7-13/h10H,2-9H2,1H3. The van der Waals surface area contributed by atoms with E-state index in [1.54, 1.807) is 0 Å². The molecule has 4 heteroatoms. The fraction of sp³-hybridized carbons (Fsp3) is 0.909. The van der Waals surface area contributed by atoms with Crippen LogP contribution in [0.25, 0.3) is 0 Å². The lowest BCUT2D eigenvalue weighted by Gasteiger charge is -2.36. The summed E-state index contributed by atoms with van der Waals surface area (Å²) in [5.41, 5.74) is 0.